The Hall–Kier alpha value is -2.90. The molecule has 0 bridgehead atoms. The zero-order valence-electron chi connectivity index (χ0n) is 20.0. The summed E-state index contributed by atoms with van der Waals surface area (Å²) < 4.78 is 28.1. The van der Waals surface area contributed by atoms with Crippen LogP contribution in [0.5, 0.6) is 5.75 Å². The number of aryl methyl sites for hydroxylation is 1. The van der Waals surface area contributed by atoms with E-state index in [1.165, 1.54) is 13.2 Å². The van der Waals surface area contributed by atoms with Crippen LogP contribution < -0.4 is 10.5 Å². The Balaban J connectivity index is 0.00000289. The highest BCUT2D eigenvalue weighted by Gasteiger charge is 2.29. The maximum atomic E-state index is 15.1. The van der Waals surface area contributed by atoms with Crippen molar-refractivity contribution in [2.24, 2.45) is 12.8 Å². The second-order valence-corrected chi connectivity index (χ2v) is 9.41. The molecule has 0 spiro atoms. The zero-order chi connectivity index (χ0) is 23.8. The Kier molecular flexibility index (Phi) is 7.47. The molecule has 2 aromatic carbocycles. The van der Waals surface area contributed by atoms with E-state index in [0.717, 1.165) is 60.8 Å². The van der Waals surface area contributed by atoms with Gasteiger partial charge in [-0.3, -0.25) is 4.68 Å². The lowest BCUT2D eigenvalue weighted by Gasteiger charge is -2.29. The summed E-state index contributed by atoms with van der Waals surface area (Å²) in [7, 11) is 3.10. The zero-order valence-corrected chi connectivity index (χ0v) is 20.8. The van der Waals surface area contributed by atoms with Crippen molar-refractivity contribution in [2.45, 2.75) is 56.6 Å². The smallest absolute Gasteiger partial charge is 0.359 e. The van der Waals surface area contributed by atoms with Crippen LogP contribution in [-0.4, -0.2) is 35.0 Å². The maximum Gasteiger partial charge on any atom is 0.359 e. The molecule has 186 valence electrons. The van der Waals surface area contributed by atoms with Crippen molar-refractivity contribution in [3.8, 4) is 28.0 Å². The molecule has 2 aliphatic carbocycles. The number of nitrogens with zero attached hydrogens (tertiary/aromatic N) is 2. The standard InChI is InChI=1S/C27H30FN3O3.ClH/c1-31-15-22(26(30-31)27(32)33-2)17-9-12-24(34-19-11-10-18(29)14-19)21(13-17)20-7-4-8-23(28)25(20)16-5-3-6-16;/h4,7-9,12-13,15-16,18-19H,3,5-6,10-11,14,29H2,1-2H3;1H/t18-,19-;/m1./s1. The van der Waals surface area contributed by atoms with Crippen molar-refractivity contribution in [1.29, 1.82) is 0 Å². The summed E-state index contributed by atoms with van der Waals surface area (Å²) in [5, 5.41) is 4.29. The van der Waals surface area contributed by atoms with Crippen molar-refractivity contribution < 1.29 is 18.7 Å². The van der Waals surface area contributed by atoms with E-state index in [1.807, 2.05) is 24.3 Å². The van der Waals surface area contributed by atoms with Gasteiger partial charge >= 0.3 is 5.97 Å². The minimum Gasteiger partial charge on any atom is -0.490 e. The highest BCUT2D eigenvalue weighted by atomic mass is 35.5. The predicted molar refractivity (Wildman–Crippen MR) is 135 cm³/mol. The van der Waals surface area contributed by atoms with Crippen molar-refractivity contribution in [3.05, 3.63) is 59.7 Å². The molecule has 0 aliphatic heterocycles. The molecule has 2 atom stereocenters. The molecule has 2 saturated carbocycles. The van der Waals surface area contributed by atoms with Gasteiger partial charge in [0.1, 0.15) is 17.7 Å². The topological polar surface area (TPSA) is 79.4 Å². The molecule has 2 aliphatic rings. The quantitative estimate of drug-likeness (QED) is 0.445. The Morgan fingerprint density at radius 3 is 2.57 bits per heavy atom. The third-order valence-corrected chi connectivity index (χ3v) is 7.07. The van der Waals surface area contributed by atoms with Crippen LogP contribution in [0.4, 0.5) is 4.39 Å². The van der Waals surface area contributed by atoms with E-state index in [2.05, 4.69) is 5.10 Å². The van der Waals surface area contributed by atoms with E-state index in [0.29, 0.717) is 11.3 Å². The number of methoxy groups -OCH3 is 1. The first kappa shape index (κ1) is 25.2. The SMILES string of the molecule is COC(=O)c1nn(C)cc1-c1ccc(O[C@@H]2CC[C@@H](N)C2)c(-c2cccc(F)c2C2CCC2)c1.Cl. The first-order valence-electron chi connectivity index (χ1n) is 11.9. The molecule has 0 radical (unpaired) electrons. The van der Waals surface area contributed by atoms with Gasteiger partial charge in [0.15, 0.2) is 5.69 Å². The van der Waals surface area contributed by atoms with Gasteiger partial charge in [0.25, 0.3) is 0 Å². The minimum atomic E-state index is -0.502. The number of carbonyl (C=O) groups is 1. The lowest BCUT2D eigenvalue weighted by molar-refractivity contribution is 0.0594. The second-order valence-electron chi connectivity index (χ2n) is 9.41. The number of rotatable bonds is 6. The molecule has 0 unspecified atom stereocenters. The fraction of sp³-hybridized carbons (Fsp3) is 0.407. The second kappa shape index (κ2) is 10.4. The van der Waals surface area contributed by atoms with Crippen LogP contribution in [0.15, 0.2) is 42.6 Å². The van der Waals surface area contributed by atoms with Gasteiger partial charge in [0.2, 0.25) is 0 Å². The predicted octanol–water partition coefficient (Wildman–Crippen LogP) is 5.63. The third-order valence-electron chi connectivity index (χ3n) is 7.07. The first-order valence-corrected chi connectivity index (χ1v) is 11.9. The summed E-state index contributed by atoms with van der Waals surface area (Å²) in [5.74, 6) is 0.227. The monoisotopic (exact) mass is 499 g/mol. The summed E-state index contributed by atoms with van der Waals surface area (Å²) in [5.41, 5.74) is 10.2. The molecule has 8 heteroatoms. The van der Waals surface area contributed by atoms with Gasteiger partial charge in [0.05, 0.1) is 7.11 Å². The average molecular weight is 500 g/mol. The number of benzene rings is 2. The van der Waals surface area contributed by atoms with Crippen LogP contribution in [-0.2, 0) is 11.8 Å². The molecule has 2 N–H and O–H groups in total. The molecule has 1 aromatic heterocycles. The molecule has 35 heavy (non-hydrogen) atoms. The number of nitrogens with two attached hydrogens (primary N) is 1. The van der Waals surface area contributed by atoms with Crippen LogP contribution in [0.25, 0.3) is 22.3 Å². The Morgan fingerprint density at radius 1 is 1.11 bits per heavy atom. The van der Waals surface area contributed by atoms with Crippen molar-refractivity contribution in [1.82, 2.24) is 9.78 Å². The summed E-state index contributed by atoms with van der Waals surface area (Å²) in [6.07, 6.45) is 7.53. The number of halogens is 2. The minimum absolute atomic E-state index is 0. The van der Waals surface area contributed by atoms with Gasteiger partial charge in [-0.2, -0.15) is 5.10 Å². The van der Waals surface area contributed by atoms with Crippen LogP contribution in [0.2, 0.25) is 0 Å². The lowest BCUT2D eigenvalue weighted by atomic mass is 9.76. The molecular formula is C27H31ClFN3O3. The van der Waals surface area contributed by atoms with Gasteiger partial charge in [0, 0.05) is 30.4 Å². The van der Waals surface area contributed by atoms with Crippen molar-refractivity contribution >= 4 is 18.4 Å². The molecular weight excluding hydrogens is 469 g/mol. The molecule has 1 heterocycles. The lowest BCUT2D eigenvalue weighted by Crippen LogP contribution is -2.19. The molecule has 0 saturated heterocycles. The van der Waals surface area contributed by atoms with Gasteiger partial charge in [-0.15, -0.1) is 12.4 Å². The number of hydrogen-bond acceptors (Lipinski definition) is 5. The number of carbonyl (C=O) groups excluding carboxylic acids is 1. The first-order chi connectivity index (χ1) is 16.4. The summed E-state index contributed by atoms with van der Waals surface area (Å²) in [6.45, 7) is 0. The highest BCUT2D eigenvalue weighted by molar-refractivity contribution is 5.96. The van der Waals surface area contributed by atoms with Gasteiger partial charge in [-0.1, -0.05) is 24.6 Å². The maximum absolute atomic E-state index is 15.1. The Bertz CT molecular complexity index is 1220. The van der Waals surface area contributed by atoms with Crippen LogP contribution in [0.1, 0.15) is 60.5 Å². The Morgan fingerprint density at radius 2 is 1.91 bits per heavy atom. The van der Waals surface area contributed by atoms with Crippen molar-refractivity contribution in [2.75, 3.05) is 7.11 Å². The van der Waals surface area contributed by atoms with E-state index in [4.69, 9.17) is 15.2 Å². The molecule has 3 aromatic rings. The third kappa shape index (κ3) is 4.93. The number of ether oxygens (including phenoxy) is 2. The van der Waals surface area contributed by atoms with Gasteiger partial charge in [-0.05, 0) is 72.9 Å². The van der Waals surface area contributed by atoms with E-state index in [9.17, 15) is 4.79 Å². The Labute approximate surface area is 211 Å². The van der Waals surface area contributed by atoms with Crippen LogP contribution >= 0.6 is 12.4 Å². The fourth-order valence-corrected chi connectivity index (χ4v) is 5.10. The summed E-state index contributed by atoms with van der Waals surface area (Å²) in [4.78, 5) is 12.4. The largest absolute Gasteiger partial charge is 0.490 e. The van der Waals surface area contributed by atoms with Crippen molar-refractivity contribution in [3.63, 3.8) is 0 Å². The normalized spacial score (nSPS) is 19.7. The molecule has 5 rings (SSSR count). The van der Waals surface area contributed by atoms with Crippen LogP contribution in [0.3, 0.4) is 0 Å². The van der Waals surface area contributed by atoms with E-state index in [1.54, 1.807) is 24.0 Å². The number of esters is 1. The molecule has 2 fully saturated rings. The van der Waals surface area contributed by atoms with E-state index >= 15 is 4.39 Å². The van der Waals surface area contributed by atoms with E-state index < -0.39 is 5.97 Å². The van der Waals surface area contributed by atoms with Gasteiger partial charge < -0.3 is 15.2 Å². The highest BCUT2D eigenvalue weighted by Crippen LogP contribution is 2.46. The van der Waals surface area contributed by atoms with Gasteiger partial charge in [-0.25, -0.2) is 9.18 Å². The molecule has 0 amide bonds. The summed E-state index contributed by atoms with van der Waals surface area (Å²) in [6, 6.07) is 11.2. The number of aromatic nitrogens is 2. The molecule has 6 nitrogen and oxygen atoms in total. The van der Waals surface area contributed by atoms with E-state index in [-0.39, 0.29) is 42.0 Å². The van der Waals surface area contributed by atoms with Crippen LogP contribution in [0, 0.1) is 5.82 Å². The fourth-order valence-electron chi connectivity index (χ4n) is 5.10. The average Bonchev–Trinajstić information content (AvgIpc) is 3.38. The number of hydrogen-bond donors (Lipinski definition) is 1. The summed E-state index contributed by atoms with van der Waals surface area (Å²) >= 11 is 0.